The second kappa shape index (κ2) is 9.38. The summed E-state index contributed by atoms with van der Waals surface area (Å²) in [6.45, 7) is 2.88. The lowest BCUT2D eigenvalue weighted by atomic mass is 9.71. The molecule has 1 aromatic rings. The first-order valence-electron chi connectivity index (χ1n) is 11.0. The van der Waals surface area contributed by atoms with Gasteiger partial charge in [-0.25, -0.2) is 0 Å². The molecule has 2 aliphatic heterocycles. The molecule has 170 valence electrons. The molecular weight excluding hydrogens is 428 g/mol. The minimum Gasteiger partial charge on any atom is -0.409 e. The van der Waals surface area contributed by atoms with Crippen LogP contribution in [0.1, 0.15) is 46.7 Å². The number of amidine groups is 1. The quantitative estimate of drug-likeness (QED) is 0.124. The minimum atomic E-state index is -1.57. The number of carbonyl (C=O) groups excluding carboxylic acids is 3. The lowest BCUT2D eigenvalue weighted by molar-refractivity contribution is -0.139. The Labute approximate surface area is 191 Å². The number of nitrogens with zero attached hydrogens (tertiary/aromatic N) is 3. The fourth-order valence-corrected chi connectivity index (χ4v) is 5.78. The monoisotopic (exact) mass is 456 g/mol. The molecule has 0 radical (unpaired) electrons. The van der Waals surface area contributed by atoms with Gasteiger partial charge in [-0.05, 0) is 38.1 Å². The highest BCUT2D eigenvalue weighted by atomic mass is 32.1. The van der Waals surface area contributed by atoms with E-state index in [0.717, 1.165) is 29.4 Å². The molecule has 8 nitrogen and oxygen atoms in total. The van der Waals surface area contributed by atoms with Crippen molar-refractivity contribution in [1.82, 2.24) is 9.80 Å². The zero-order valence-corrected chi connectivity index (χ0v) is 18.7. The number of fused-ring (bicyclic) bond motifs is 1. The first kappa shape index (κ1) is 22.4. The predicted octanol–water partition coefficient (Wildman–Crippen LogP) is 2.54. The molecule has 3 N–H and O–H groups in total. The Morgan fingerprint density at radius 3 is 2.66 bits per heavy atom. The molecule has 2 saturated heterocycles. The van der Waals surface area contributed by atoms with Gasteiger partial charge < -0.3 is 10.9 Å². The van der Waals surface area contributed by atoms with E-state index in [2.05, 4.69) is 10.1 Å². The normalized spacial score (nSPS) is 26.4. The Morgan fingerprint density at radius 2 is 1.94 bits per heavy atom. The zero-order chi connectivity index (χ0) is 22.7. The third kappa shape index (κ3) is 4.02. The molecule has 2 amide bonds. The largest absolute Gasteiger partial charge is 0.409 e. The number of likely N-dealkylation sites (tertiary alicyclic amines) is 2. The number of allylic oxidation sites excluding steroid dienone is 2. The van der Waals surface area contributed by atoms with E-state index >= 15 is 0 Å². The summed E-state index contributed by atoms with van der Waals surface area (Å²) in [5.41, 5.74) is 3.95. The topological polar surface area (TPSA) is 116 Å². The van der Waals surface area contributed by atoms with E-state index in [-0.39, 0.29) is 24.6 Å². The molecule has 4 rings (SSSR count). The fourth-order valence-electron chi connectivity index (χ4n) is 4.72. The van der Waals surface area contributed by atoms with Crippen LogP contribution in [0, 0.1) is 11.3 Å². The standard InChI is InChI=1S/C23H28N4O4S/c24-19(25-31)10-14-27-21(29)17-7-3-4-11-23(17,22(27)30)20(28)18-9-8-16(32-18)15-26-12-5-1-2-6-13-26/h3-4,7-9,11,17,31H,1-2,5-6,10,12-15H2,(H2,24,25). The predicted molar refractivity (Wildman–Crippen MR) is 121 cm³/mol. The SMILES string of the molecule is NC(CCN1C(=O)C2C=CC=CC2(C(=O)c2ccc(CN3CCCCCC3)s2)C1=O)=NO. The van der Waals surface area contributed by atoms with Crippen LogP contribution >= 0.6 is 11.3 Å². The van der Waals surface area contributed by atoms with Crippen molar-refractivity contribution in [3.8, 4) is 0 Å². The molecule has 0 saturated carbocycles. The van der Waals surface area contributed by atoms with Crippen molar-refractivity contribution >= 4 is 34.8 Å². The minimum absolute atomic E-state index is 0.0363. The molecule has 2 atom stereocenters. The summed E-state index contributed by atoms with van der Waals surface area (Å²) >= 11 is 1.40. The highest BCUT2D eigenvalue weighted by Crippen LogP contribution is 2.46. The van der Waals surface area contributed by atoms with Crippen molar-refractivity contribution in [2.24, 2.45) is 22.2 Å². The summed E-state index contributed by atoms with van der Waals surface area (Å²) < 4.78 is 0. The van der Waals surface area contributed by atoms with E-state index in [4.69, 9.17) is 10.9 Å². The maximum atomic E-state index is 13.7. The number of nitrogens with two attached hydrogens (primary N) is 1. The van der Waals surface area contributed by atoms with Crippen molar-refractivity contribution in [2.75, 3.05) is 19.6 Å². The Morgan fingerprint density at radius 1 is 1.19 bits per heavy atom. The molecule has 1 aromatic heterocycles. The molecule has 9 heteroatoms. The van der Waals surface area contributed by atoms with Crippen molar-refractivity contribution in [2.45, 2.75) is 38.6 Å². The third-order valence-electron chi connectivity index (χ3n) is 6.45. The van der Waals surface area contributed by atoms with E-state index in [1.54, 1.807) is 30.4 Å². The van der Waals surface area contributed by atoms with Gasteiger partial charge in [0.05, 0.1) is 10.8 Å². The smallest absolute Gasteiger partial charge is 0.248 e. The first-order chi connectivity index (χ1) is 15.5. The Bertz CT molecular complexity index is 990. The molecule has 2 fully saturated rings. The summed E-state index contributed by atoms with van der Waals surface area (Å²) in [6.07, 6.45) is 11.5. The lowest BCUT2D eigenvalue weighted by Gasteiger charge is -2.26. The second-order valence-electron chi connectivity index (χ2n) is 8.51. The van der Waals surface area contributed by atoms with Crippen LogP contribution in [0.5, 0.6) is 0 Å². The van der Waals surface area contributed by atoms with Crippen LogP contribution in [0.15, 0.2) is 41.6 Å². The van der Waals surface area contributed by atoms with Crippen molar-refractivity contribution < 1.29 is 19.6 Å². The number of hydrogen-bond donors (Lipinski definition) is 2. The van der Waals surface area contributed by atoms with Gasteiger partial charge in [-0.1, -0.05) is 42.3 Å². The number of carbonyl (C=O) groups is 3. The maximum Gasteiger partial charge on any atom is 0.248 e. The summed E-state index contributed by atoms with van der Waals surface area (Å²) in [5, 5.41) is 11.7. The highest BCUT2D eigenvalue weighted by molar-refractivity contribution is 7.14. The number of ketones is 1. The number of Topliss-reactive ketones (excluding diaryl/α,β-unsaturated/α-hetero) is 1. The van der Waals surface area contributed by atoms with Crippen molar-refractivity contribution in [3.05, 3.63) is 46.2 Å². The van der Waals surface area contributed by atoms with Crippen molar-refractivity contribution in [1.29, 1.82) is 0 Å². The van der Waals surface area contributed by atoms with E-state index in [9.17, 15) is 14.4 Å². The molecule has 0 aromatic carbocycles. The third-order valence-corrected chi connectivity index (χ3v) is 7.52. The van der Waals surface area contributed by atoms with E-state index in [0.29, 0.717) is 4.88 Å². The molecule has 2 unspecified atom stereocenters. The lowest BCUT2D eigenvalue weighted by Crippen LogP contribution is -2.42. The summed E-state index contributed by atoms with van der Waals surface area (Å²) in [6, 6.07) is 3.73. The van der Waals surface area contributed by atoms with Gasteiger partial charge in [-0.2, -0.15) is 0 Å². The van der Waals surface area contributed by atoms with Gasteiger partial charge in [0.15, 0.2) is 5.78 Å². The fraction of sp³-hybridized carbons (Fsp3) is 0.478. The molecule has 0 spiro atoms. The van der Waals surface area contributed by atoms with Gasteiger partial charge in [0.1, 0.15) is 11.3 Å². The molecular formula is C23H28N4O4S. The average molecular weight is 457 g/mol. The molecule has 32 heavy (non-hydrogen) atoms. The average Bonchev–Trinajstić information content (AvgIpc) is 3.23. The first-order valence-corrected chi connectivity index (χ1v) is 11.8. The van der Waals surface area contributed by atoms with Crippen LogP contribution in [-0.4, -0.2) is 58.1 Å². The molecule has 0 bridgehead atoms. The van der Waals surface area contributed by atoms with Gasteiger partial charge in [-0.15, -0.1) is 11.3 Å². The van der Waals surface area contributed by atoms with Crippen LogP contribution in [-0.2, 0) is 16.1 Å². The number of hydrogen-bond acceptors (Lipinski definition) is 7. The summed E-state index contributed by atoms with van der Waals surface area (Å²) in [7, 11) is 0. The maximum absolute atomic E-state index is 13.7. The van der Waals surface area contributed by atoms with Gasteiger partial charge >= 0.3 is 0 Å². The number of thiophene rings is 1. The molecule has 1 aliphatic carbocycles. The van der Waals surface area contributed by atoms with Gasteiger partial charge in [0.2, 0.25) is 11.8 Å². The van der Waals surface area contributed by atoms with Crippen LogP contribution in [0.3, 0.4) is 0 Å². The van der Waals surface area contributed by atoms with E-state index < -0.39 is 23.1 Å². The van der Waals surface area contributed by atoms with Gasteiger partial charge in [0, 0.05) is 24.4 Å². The Balaban J connectivity index is 1.57. The van der Waals surface area contributed by atoms with Gasteiger partial charge in [0.25, 0.3) is 0 Å². The van der Waals surface area contributed by atoms with E-state index in [1.807, 2.05) is 6.07 Å². The number of oxime groups is 1. The second-order valence-corrected chi connectivity index (χ2v) is 9.68. The van der Waals surface area contributed by atoms with Gasteiger partial charge in [-0.3, -0.25) is 24.2 Å². The number of amides is 2. The summed E-state index contributed by atoms with van der Waals surface area (Å²) in [5.74, 6) is -2.29. The van der Waals surface area contributed by atoms with Crippen LogP contribution < -0.4 is 5.73 Å². The summed E-state index contributed by atoms with van der Waals surface area (Å²) in [4.78, 5) is 45.1. The van der Waals surface area contributed by atoms with Crippen LogP contribution in [0.4, 0.5) is 0 Å². The van der Waals surface area contributed by atoms with Crippen LogP contribution in [0.2, 0.25) is 0 Å². The number of imide groups is 1. The highest BCUT2D eigenvalue weighted by Gasteiger charge is 2.62. The Hall–Kier alpha value is -2.78. The zero-order valence-electron chi connectivity index (χ0n) is 17.9. The molecule has 3 heterocycles. The number of rotatable bonds is 7. The van der Waals surface area contributed by atoms with Crippen LogP contribution in [0.25, 0.3) is 0 Å². The Kier molecular flexibility index (Phi) is 6.57. The van der Waals surface area contributed by atoms with E-state index in [1.165, 1.54) is 37.0 Å². The molecule has 3 aliphatic rings. The van der Waals surface area contributed by atoms with Crippen molar-refractivity contribution in [3.63, 3.8) is 0 Å².